The highest BCUT2D eigenvalue weighted by Crippen LogP contribution is 2.34. The molecule has 2 amide bonds. The van der Waals surface area contributed by atoms with E-state index in [1.54, 1.807) is 18.2 Å². The Labute approximate surface area is 164 Å². The molecule has 1 fully saturated rings. The van der Waals surface area contributed by atoms with E-state index in [2.05, 4.69) is 21.2 Å². The van der Waals surface area contributed by atoms with Crippen molar-refractivity contribution in [3.05, 3.63) is 57.5 Å². The maximum absolute atomic E-state index is 12.5. The molecule has 0 saturated carbocycles. The quantitative estimate of drug-likeness (QED) is 0.762. The number of rotatable bonds is 3. The number of nitrogens with one attached hydrogen (secondary N) is 1. The van der Waals surface area contributed by atoms with E-state index < -0.39 is 27.8 Å². The third-order valence-corrected chi connectivity index (χ3v) is 6.78. The monoisotopic (exact) mass is 456 g/mol. The Hall–Kier alpha value is -1.90. The largest absolute Gasteiger partial charge is 0.321 e. The third kappa shape index (κ3) is 3.49. The fourth-order valence-electron chi connectivity index (χ4n) is 2.63. The van der Waals surface area contributed by atoms with Gasteiger partial charge in [-0.15, -0.1) is 0 Å². The van der Waals surface area contributed by atoms with Gasteiger partial charge in [0.05, 0.1) is 28.1 Å². The Morgan fingerprint density at radius 1 is 1.27 bits per heavy atom. The number of carbonyl (C=O) groups excluding carboxylic acids is 2. The Morgan fingerprint density at radius 3 is 2.58 bits per heavy atom. The fraction of sp³-hybridized carbons (Fsp3) is 0.176. The van der Waals surface area contributed by atoms with Crippen LogP contribution in [0.2, 0.25) is 5.02 Å². The zero-order valence-electron chi connectivity index (χ0n) is 13.6. The summed E-state index contributed by atoms with van der Waals surface area (Å²) < 4.78 is 26.0. The summed E-state index contributed by atoms with van der Waals surface area (Å²) in [5.74, 6) is -1.95. The number of para-hydroxylation sites is 1. The highest BCUT2D eigenvalue weighted by atomic mass is 79.9. The summed E-state index contributed by atoms with van der Waals surface area (Å²) in [6.07, 6.45) is 0. The summed E-state index contributed by atoms with van der Waals surface area (Å²) in [6.45, 7) is 1.54. The van der Waals surface area contributed by atoms with E-state index in [0.29, 0.717) is 14.5 Å². The van der Waals surface area contributed by atoms with E-state index in [9.17, 15) is 18.0 Å². The molecule has 2 aromatic carbocycles. The van der Waals surface area contributed by atoms with Crippen LogP contribution in [-0.2, 0) is 14.8 Å². The molecule has 0 aliphatic carbocycles. The molecule has 26 heavy (non-hydrogen) atoms. The molecular weight excluding hydrogens is 444 g/mol. The zero-order valence-corrected chi connectivity index (χ0v) is 16.7. The van der Waals surface area contributed by atoms with Crippen LogP contribution in [0.1, 0.15) is 17.3 Å². The number of hydrogen-bond acceptors (Lipinski definition) is 4. The third-order valence-electron chi connectivity index (χ3n) is 3.91. The minimum Gasteiger partial charge on any atom is -0.321 e. The van der Waals surface area contributed by atoms with E-state index in [0.717, 1.165) is 0 Å². The van der Waals surface area contributed by atoms with Gasteiger partial charge in [0.1, 0.15) is 0 Å². The van der Waals surface area contributed by atoms with Gasteiger partial charge in [-0.1, -0.05) is 30.7 Å². The molecule has 1 saturated heterocycles. The maximum Gasteiger partial charge on any atom is 0.255 e. The average Bonchev–Trinajstić information content (AvgIpc) is 2.78. The molecule has 1 aliphatic heterocycles. The summed E-state index contributed by atoms with van der Waals surface area (Å²) in [4.78, 5) is 24.8. The molecule has 0 spiro atoms. The van der Waals surface area contributed by atoms with Crippen molar-refractivity contribution in [1.82, 2.24) is 0 Å². The molecule has 3 rings (SSSR count). The van der Waals surface area contributed by atoms with Gasteiger partial charge in [-0.2, -0.15) is 0 Å². The van der Waals surface area contributed by atoms with Gasteiger partial charge in [-0.25, -0.2) is 12.7 Å². The van der Waals surface area contributed by atoms with Gasteiger partial charge in [-0.05, 0) is 46.3 Å². The lowest BCUT2D eigenvalue weighted by atomic mass is 10.1. The second kappa shape index (κ2) is 7.02. The van der Waals surface area contributed by atoms with Crippen LogP contribution in [-0.4, -0.2) is 26.0 Å². The van der Waals surface area contributed by atoms with Crippen LogP contribution in [0.4, 0.5) is 11.4 Å². The van der Waals surface area contributed by atoms with Gasteiger partial charge in [0.15, 0.2) is 0 Å². The standard InChI is InChI=1S/C17H14BrClN2O4S/c1-10-9-26(24,25)21(17(10)23)15-8-11(6-7-13(15)19)16(22)20-14-5-3-2-4-12(14)18/h2-8,10H,9H2,1H3,(H,20,22). The first-order valence-corrected chi connectivity index (χ1v) is 10.4. The molecule has 136 valence electrons. The molecule has 1 aliphatic rings. The first-order chi connectivity index (χ1) is 12.2. The van der Waals surface area contributed by atoms with Crippen molar-refractivity contribution in [1.29, 1.82) is 0 Å². The number of carbonyl (C=O) groups is 2. The summed E-state index contributed by atoms with van der Waals surface area (Å²) in [5, 5.41) is 2.80. The number of amides is 2. The molecule has 9 heteroatoms. The molecule has 1 atom stereocenters. The van der Waals surface area contributed by atoms with E-state index in [-0.39, 0.29) is 22.0 Å². The second-order valence-electron chi connectivity index (χ2n) is 5.88. The van der Waals surface area contributed by atoms with Crippen LogP contribution in [0.3, 0.4) is 0 Å². The van der Waals surface area contributed by atoms with Gasteiger partial charge in [0.2, 0.25) is 15.9 Å². The Kier molecular flexibility index (Phi) is 5.09. The molecule has 2 aromatic rings. The van der Waals surface area contributed by atoms with Crippen LogP contribution in [0.15, 0.2) is 46.9 Å². The topological polar surface area (TPSA) is 83.6 Å². The zero-order chi connectivity index (χ0) is 19.1. The summed E-state index contributed by atoms with van der Waals surface area (Å²) >= 11 is 9.45. The number of benzene rings is 2. The maximum atomic E-state index is 12.5. The first kappa shape index (κ1) is 18.9. The predicted molar refractivity (Wildman–Crippen MR) is 104 cm³/mol. The van der Waals surface area contributed by atoms with Crippen LogP contribution in [0.25, 0.3) is 0 Å². The fourth-order valence-corrected chi connectivity index (χ4v) is 5.10. The van der Waals surface area contributed by atoms with Crippen LogP contribution in [0.5, 0.6) is 0 Å². The van der Waals surface area contributed by atoms with E-state index in [1.807, 2.05) is 6.07 Å². The van der Waals surface area contributed by atoms with Gasteiger partial charge in [0, 0.05) is 10.0 Å². The summed E-state index contributed by atoms with van der Waals surface area (Å²) in [6, 6.07) is 11.2. The lowest BCUT2D eigenvalue weighted by Crippen LogP contribution is -2.30. The van der Waals surface area contributed by atoms with Crippen molar-refractivity contribution >= 4 is 60.7 Å². The number of halogens is 2. The normalized spacial score (nSPS) is 18.8. The van der Waals surface area contributed by atoms with Crippen molar-refractivity contribution < 1.29 is 18.0 Å². The lowest BCUT2D eigenvalue weighted by Gasteiger charge is -2.18. The average molecular weight is 458 g/mol. The van der Waals surface area contributed by atoms with Crippen LogP contribution < -0.4 is 9.62 Å². The predicted octanol–water partition coefficient (Wildman–Crippen LogP) is 3.67. The SMILES string of the molecule is CC1CS(=O)(=O)N(c2cc(C(=O)Nc3ccccc3Br)ccc2Cl)C1=O. The number of sulfonamides is 1. The number of hydrogen-bond donors (Lipinski definition) is 1. The second-order valence-corrected chi connectivity index (χ2v) is 9.01. The first-order valence-electron chi connectivity index (χ1n) is 7.63. The van der Waals surface area contributed by atoms with Gasteiger partial charge < -0.3 is 5.32 Å². The Morgan fingerprint density at radius 2 is 1.96 bits per heavy atom. The minimum absolute atomic E-state index is 0.0132. The van der Waals surface area contributed by atoms with Crippen molar-refractivity contribution in [2.75, 3.05) is 15.4 Å². The molecular formula is C17H14BrClN2O4S. The molecule has 1 heterocycles. The smallest absolute Gasteiger partial charge is 0.255 e. The molecule has 6 nitrogen and oxygen atoms in total. The van der Waals surface area contributed by atoms with E-state index in [1.165, 1.54) is 25.1 Å². The molecule has 0 aromatic heterocycles. The van der Waals surface area contributed by atoms with Crippen LogP contribution >= 0.6 is 27.5 Å². The molecule has 1 unspecified atom stereocenters. The highest BCUT2D eigenvalue weighted by molar-refractivity contribution is 9.10. The van der Waals surface area contributed by atoms with Crippen molar-refractivity contribution in [3.63, 3.8) is 0 Å². The lowest BCUT2D eigenvalue weighted by molar-refractivity contribution is -0.119. The van der Waals surface area contributed by atoms with E-state index in [4.69, 9.17) is 11.6 Å². The van der Waals surface area contributed by atoms with Crippen molar-refractivity contribution in [3.8, 4) is 0 Å². The Balaban J connectivity index is 1.97. The van der Waals surface area contributed by atoms with Crippen molar-refractivity contribution in [2.45, 2.75) is 6.92 Å². The highest BCUT2D eigenvalue weighted by Gasteiger charge is 2.43. The minimum atomic E-state index is -3.81. The van der Waals surface area contributed by atoms with Gasteiger partial charge in [-0.3, -0.25) is 9.59 Å². The van der Waals surface area contributed by atoms with Crippen LogP contribution in [0, 0.1) is 5.92 Å². The van der Waals surface area contributed by atoms with Gasteiger partial charge >= 0.3 is 0 Å². The summed E-state index contributed by atoms with van der Waals surface area (Å²) in [5.41, 5.74) is 0.732. The molecule has 1 N–H and O–H groups in total. The number of anilines is 2. The summed E-state index contributed by atoms with van der Waals surface area (Å²) in [7, 11) is -3.81. The number of nitrogens with zero attached hydrogens (tertiary/aromatic N) is 1. The molecule has 0 bridgehead atoms. The van der Waals surface area contributed by atoms with E-state index >= 15 is 0 Å². The molecule has 0 radical (unpaired) electrons. The Bertz CT molecular complexity index is 1010. The van der Waals surface area contributed by atoms with Crippen molar-refractivity contribution in [2.24, 2.45) is 5.92 Å². The van der Waals surface area contributed by atoms with Gasteiger partial charge in [0.25, 0.3) is 5.91 Å².